The van der Waals surface area contributed by atoms with Gasteiger partial charge < -0.3 is 0 Å². The number of Topliss-reactive ketones (excluding diaryl/α,β-unsaturated/α-hetero) is 2. The quantitative estimate of drug-likeness (QED) is 0.790. The summed E-state index contributed by atoms with van der Waals surface area (Å²) >= 11 is 0. The van der Waals surface area contributed by atoms with Crippen molar-refractivity contribution in [3.05, 3.63) is 78.4 Å². The molecule has 0 aliphatic carbocycles. The van der Waals surface area contributed by atoms with Gasteiger partial charge in [-0.3, -0.25) is 9.59 Å². The summed E-state index contributed by atoms with van der Waals surface area (Å²) in [5.74, 6) is 0.238. The monoisotopic (exact) mass is 280 g/mol. The SMILES string of the molecule is C=C(C(C)=O)c1ccccc1.CC(=O)Cc1ccccc1. The Morgan fingerprint density at radius 1 is 0.857 bits per heavy atom. The van der Waals surface area contributed by atoms with Crippen LogP contribution in [-0.4, -0.2) is 11.6 Å². The molecule has 0 atom stereocenters. The van der Waals surface area contributed by atoms with Gasteiger partial charge in [0.2, 0.25) is 0 Å². The fraction of sp³-hybridized carbons (Fsp3) is 0.158. The molecule has 2 aromatic rings. The zero-order valence-corrected chi connectivity index (χ0v) is 12.5. The van der Waals surface area contributed by atoms with E-state index < -0.39 is 0 Å². The summed E-state index contributed by atoms with van der Waals surface area (Å²) in [5.41, 5.74) is 2.57. The Bertz CT molecular complexity index is 598. The molecule has 0 amide bonds. The van der Waals surface area contributed by atoms with Gasteiger partial charge in [-0.2, -0.15) is 0 Å². The Morgan fingerprint density at radius 2 is 1.33 bits per heavy atom. The lowest BCUT2D eigenvalue weighted by Crippen LogP contribution is -1.94. The van der Waals surface area contributed by atoms with Crippen LogP contribution >= 0.6 is 0 Å². The highest BCUT2D eigenvalue weighted by atomic mass is 16.1. The highest BCUT2D eigenvalue weighted by Crippen LogP contribution is 2.11. The molecule has 0 unspecified atom stereocenters. The lowest BCUT2D eigenvalue weighted by Gasteiger charge is -1.98. The Hall–Kier alpha value is -2.48. The average molecular weight is 280 g/mol. The number of carbonyl (C=O) groups excluding carboxylic acids is 2. The minimum Gasteiger partial charge on any atom is -0.300 e. The first-order chi connectivity index (χ1) is 10.0. The third-order valence-corrected chi connectivity index (χ3v) is 2.84. The highest BCUT2D eigenvalue weighted by molar-refractivity contribution is 6.18. The van der Waals surface area contributed by atoms with E-state index in [1.807, 2.05) is 60.7 Å². The number of carbonyl (C=O) groups is 2. The predicted molar refractivity (Wildman–Crippen MR) is 87.0 cm³/mol. The van der Waals surface area contributed by atoms with Crippen LogP contribution in [0.2, 0.25) is 0 Å². The molecule has 0 bridgehead atoms. The number of benzene rings is 2. The summed E-state index contributed by atoms with van der Waals surface area (Å²) in [7, 11) is 0. The lowest BCUT2D eigenvalue weighted by atomic mass is 10.1. The smallest absolute Gasteiger partial charge is 0.159 e. The molecule has 2 heteroatoms. The second kappa shape index (κ2) is 8.64. The highest BCUT2D eigenvalue weighted by Gasteiger charge is 2.01. The van der Waals surface area contributed by atoms with Gasteiger partial charge in [-0.05, 0) is 25.0 Å². The molecule has 2 aromatic carbocycles. The first-order valence-electron chi connectivity index (χ1n) is 6.79. The van der Waals surface area contributed by atoms with Gasteiger partial charge in [0, 0.05) is 12.0 Å². The van der Waals surface area contributed by atoms with Gasteiger partial charge in [0.25, 0.3) is 0 Å². The minimum atomic E-state index is 0.0243. The van der Waals surface area contributed by atoms with E-state index in [0.717, 1.165) is 11.1 Å². The second-order valence-electron chi connectivity index (χ2n) is 4.77. The van der Waals surface area contributed by atoms with Crippen LogP contribution in [0.3, 0.4) is 0 Å². The van der Waals surface area contributed by atoms with Crippen molar-refractivity contribution in [1.29, 1.82) is 0 Å². The lowest BCUT2D eigenvalue weighted by molar-refractivity contribution is -0.116. The van der Waals surface area contributed by atoms with E-state index in [4.69, 9.17) is 0 Å². The molecule has 0 radical (unpaired) electrons. The van der Waals surface area contributed by atoms with Gasteiger partial charge in [0.15, 0.2) is 5.78 Å². The van der Waals surface area contributed by atoms with Crippen LogP contribution in [0, 0.1) is 0 Å². The summed E-state index contributed by atoms with van der Waals surface area (Å²) < 4.78 is 0. The van der Waals surface area contributed by atoms with Crippen molar-refractivity contribution < 1.29 is 9.59 Å². The van der Waals surface area contributed by atoms with Crippen LogP contribution in [0.5, 0.6) is 0 Å². The van der Waals surface area contributed by atoms with Gasteiger partial charge >= 0.3 is 0 Å². The van der Waals surface area contributed by atoms with E-state index in [1.54, 1.807) is 6.92 Å². The number of hydrogen-bond donors (Lipinski definition) is 0. The summed E-state index contributed by atoms with van der Waals surface area (Å²) in [6.45, 7) is 6.80. The molecule has 0 aliphatic rings. The molecule has 0 spiro atoms. The van der Waals surface area contributed by atoms with Crippen LogP contribution in [0.1, 0.15) is 25.0 Å². The van der Waals surface area contributed by atoms with E-state index in [1.165, 1.54) is 6.92 Å². The van der Waals surface area contributed by atoms with Crippen LogP contribution in [0.15, 0.2) is 67.2 Å². The summed E-state index contributed by atoms with van der Waals surface area (Å²) in [4.78, 5) is 21.5. The first-order valence-corrected chi connectivity index (χ1v) is 6.79. The molecule has 0 N–H and O–H groups in total. The zero-order chi connectivity index (χ0) is 15.7. The Morgan fingerprint density at radius 3 is 1.76 bits per heavy atom. The molecule has 21 heavy (non-hydrogen) atoms. The zero-order valence-electron chi connectivity index (χ0n) is 12.5. The third kappa shape index (κ3) is 6.48. The van der Waals surface area contributed by atoms with Crippen LogP contribution in [0.25, 0.3) is 5.57 Å². The van der Waals surface area contributed by atoms with Gasteiger partial charge in [-0.1, -0.05) is 67.2 Å². The van der Waals surface area contributed by atoms with Crippen LogP contribution in [0.4, 0.5) is 0 Å². The average Bonchev–Trinajstić information content (AvgIpc) is 2.48. The minimum absolute atomic E-state index is 0.0243. The van der Waals surface area contributed by atoms with Crippen LogP contribution < -0.4 is 0 Å². The predicted octanol–water partition coefficient (Wildman–Crippen LogP) is 4.11. The molecule has 0 saturated carbocycles. The van der Waals surface area contributed by atoms with E-state index >= 15 is 0 Å². The maximum Gasteiger partial charge on any atom is 0.159 e. The molecule has 0 fully saturated rings. The maximum absolute atomic E-state index is 10.8. The van der Waals surface area contributed by atoms with Crippen molar-refractivity contribution >= 4 is 17.1 Å². The molecule has 0 saturated heterocycles. The van der Waals surface area contributed by atoms with Crippen LogP contribution in [-0.2, 0) is 16.0 Å². The van der Waals surface area contributed by atoms with Crippen molar-refractivity contribution in [2.24, 2.45) is 0 Å². The topological polar surface area (TPSA) is 34.1 Å². The molecule has 108 valence electrons. The van der Waals surface area contributed by atoms with Crippen molar-refractivity contribution in [1.82, 2.24) is 0 Å². The Balaban J connectivity index is 0.000000211. The fourth-order valence-electron chi connectivity index (χ4n) is 1.73. The van der Waals surface area contributed by atoms with Gasteiger partial charge in [0.05, 0.1) is 0 Å². The fourth-order valence-corrected chi connectivity index (χ4v) is 1.73. The summed E-state index contributed by atoms with van der Waals surface area (Å²) in [6, 6.07) is 19.2. The molecule has 2 rings (SSSR count). The molecule has 0 aromatic heterocycles. The van der Waals surface area contributed by atoms with E-state index in [-0.39, 0.29) is 11.6 Å². The molecular formula is C19H20O2. The van der Waals surface area contributed by atoms with Crippen molar-refractivity contribution in [3.8, 4) is 0 Å². The molecule has 0 aliphatic heterocycles. The number of hydrogen-bond acceptors (Lipinski definition) is 2. The standard InChI is InChI=1S/C10H10O.C9H10O/c1-8(9(2)11)10-6-4-3-5-7-10;1-8(10)7-9-5-3-2-4-6-9/h3-7H,1H2,2H3;2-6H,7H2,1H3. The van der Waals surface area contributed by atoms with E-state index in [2.05, 4.69) is 6.58 Å². The Labute approximate surface area is 126 Å². The van der Waals surface area contributed by atoms with Gasteiger partial charge in [0.1, 0.15) is 5.78 Å². The first kappa shape index (κ1) is 16.6. The largest absolute Gasteiger partial charge is 0.300 e. The van der Waals surface area contributed by atoms with E-state index in [9.17, 15) is 9.59 Å². The summed E-state index contributed by atoms with van der Waals surface area (Å²) in [5, 5.41) is 0. The summed E-state index contributed by atoms with van der Waals surface area (Å²) in [6.07, 6.45) is 0.556. The molecule has 2 nitrogen and oxygen atoms in total. The van der Waals surface area contributed by atoms with E-state index in [0.29, 0.717) is 12.0 Å². The number of allylic oxidation sites excluding steroid dienone is 1. The number of rotatable bonds is 4. The van der Waals surface area contributed by atoms with Crippen molar-refractivity contribution in [3.63, 3.8) is 0 Å². The van der Waals surface area contributed by atoms with Crippen molar-refractivity contribution in [2.75, 3.05) is 0 Å². The molecule has 0 heterocycles. The third-order valence-electron chi connectivity index (χ3n) is 2.84. The van der Waals surface area contributed by atoms with Gasteiger partial charge in [-0.15, -0.1) is 0 Å². The van der Waals surface area contributed by atoms with Crippen molar-refractivity contribution in [2.45, 2.75) is 20.3 Å². The van der Waals surface area contributed by atoms with Gasteiger partial charge in [-0.25, -0.2) is 0 Å². The maximum atomic E-state index is 10.8. The number of ketones is 2. The second-order valence-corrected chi connectivity index (χ2v) is 4.77. The normalized spacial score (nSPS) is 9.24. The Kier molecular flexibility index (Phi) is 6.82. The molecular weight excluding hydrogens is 260 g/mol.